The summed E-state index contributed by atoms with van der Waals surface area (Å²) in [6, 6.07) is 0. The maximum Gasteiger partial charge on any atom is 0.335 e. The van der Waals surface area contributed by atoms with Crippen molar-refractivity contribution in [2.75, 3.05) is 0 Å². The molecule has 0 aromatic carbocycles. The van der Waals surface area contributed by atoms with E-state index >= 15 is 0 Å². The Bertz CT molecular complexity index is 269. The van der Waals surface area contributed by atoms with E-state index in [1.54, 1.807) is 13.1 Å². The molecule has 0 fully saturated rings. The van der Waals surface area contributed by atoms with Crippen LogP contribution in [0.15, 0.2) is 6.20 Å². The van der Waals surface area contributed by atoms with Gasteiger partial charge in [0.1, 0.15) is 0 Å². The lowest BCUT2D eigenvalue weighted by atomic mass is 10.3. The van der Waals surface area contributed by atoms with E-state index in [4.69, 9.17) is 4.84 Å². The zero-order chi connectivity index (χ0) is 8.97. The van der Waals surface area contributed by atoms with Crippen molar-refractivity contribution in [3.05, 3.63) is 11.9 Å². The van der Waals surface area contributed by atoms with Gasteiger partial charge >= 0.3 is 5.97 Å². The zero-order valence-electron chi connectivity index (χ0n) is 7.15. The molecule has 0 saturated heterocycles. The SMILES string of the molecule is CCCC(=O)On1cc(C)nn1. The third kappa shape index (κ3) is 2.34. The van der Waals surface area contributed by atoms with E-state index in [-0.39, 0.29) is 5.97 Å². The number of aryl methyl sites for hydroxylation is 1. The third-order valence-corrected chi connectivity index (χ3v) is 1.24. The Kier molecular flexibility index (Phi) is 2.79. The Balaban J connectivity index is 2.46. The second kappa shape index (κ2) is 3.85. The number of nitrogens with zero attached hydrogens (tertiary/aromatic N) is 3. The number of aromatic nitrogens is 3. The summed E-state index contributed by atoms with van der Waals surface area (Å²) in [7, 11) is 0. The molecule has 5 heteroatoms. The number of rotatable bonds is 3. The molecule has 0 aliphatic carbocycles. The summed E-state index contributed by atoms with van der Waals surface area (Å²) in [6.45, 7) is 3.69. The van der Waals surface area contributed by atoms with Gasteiger partial charge in [-0.25, -0.2) is 4.79 Å². The molecular weight excluding hydrogens is 158 g/mol. The van der Waals surface area contributed by atoms with Gasteiger partial charge in [-0.05, 0) is 18.6 Å². The minimum Gasteiger partial charge on any atom is -0.318 e. The van der Waals surface area contributed by atoms with Gasteiger partial charge in [-0.3, -0.25) is 0 Å². The smallest absolute Gasteiger partial charge is 0.318 e. The average Bonchev–Trinajstić information content (AvgIpc) is 2.36. The molecule has 0 bridgehead atoms. The molecule has 0 N–H and O–H groups in total. The lowest BCUT2D eigenvalue weighted by molar-refractivity contribution is -0.146. The van der Waals surface area contributed by atoms with Gasteiger partial charge in [0.15, 0.2) is 0 Å². The maximum absolute atomic E-state index is 10.9. The van der Waals surface area contributed by atoms with Crippen molar-refractivity contribution >= 4 is 5.97 Å². The number of hydrogen-bond acceptors (Lipinski definition) is 4. The monoisotopic (exact) mass is 169 g/mol. The molecular formula is C7H11N3O2. The van der Waals surface area contributed by atoms with E-state index in [0.717, 1.165) is 17.0 Å². The van der Waals surface area contributed by atoms with Crippen LogP contribution in [0.2, 0.25) is 0 Å². The molecule has 0 radical (unpaired) electrons. The van der Waals surface area contributed by atoms with Gasteiger partial charge in [0.05, 0.1) is 11.9 Å². The Labute approximate surface area is 70.3 Å². The second-order valence-corrected chi connectivity index (χ2v) is 2.48. The maximum atomic E-state index is 10.9. The van der Waals surface area contributed by atoms with Crippen LogP contribution in [0.25, 0.3) is 0 Å². The average molecular weight is 169 g/mol. The van der Waals surface area contributed by atoms with E-state index in [1.807, 2.05) is 6.92 Å². The summed E-state index contributed by atoms with van der Waals surface area (Å²) in [5.74, 6) is -0.289. The topological polar surface area (TPSA) is 57.0 Å². The lowest BCUT2D eigenvalue weighted by Crippen LogP contribution is -2.19. The van der Waals surface area contributed by atoms with E-state index in [2.05, 4.69) is 10.3 Å². The first-order chi connectivity index (χ1) is 5.72. The van der Waals surface area contributed by atoms with Gasteiger partial charge in [0.2, 0.25) is 0 Å². The lowest BCUT2D eigenvalue weighted by Gasteiger charge is -1.98. The van der Waals surface area contributed by atoms with Crippen molar-refractivity contribution in [2.45, 2.75) is 26.7 Å². The summed E-state index contributed by atoms with van der Waals surface area (Å²) in [5, 5.41) is 7.23. The molecule has 1 aromatic rings. The number of carbonyl (C=O) groups excluding carboxylic acids is 1. The number of hydrogen-bond donors (Lipinski definition) is 0. The molecule has 66 valence electrons. The van der Waals surface area contributed by atoms with Crippen LogP contribution < -0.4 is 4.84 Å². The van der Waals surface area contributed by atoms with Crippen molar-refractivity contribution < 1.29 is 9.63 Å². The molecule has 1 heterocycles. The summed E-state index contributed by atoms with van der Waals surface area (Å²) in [4.78, 5) is 16.8. The first-order valence-electron chi connectivity index (χ1n) is 3.82. The van der Waals surface area contributed by atoms with Gasteiger partial charge in [0.25, 0.3) is 0 Å². The van der Waals surface area contributed by atoms with E-state index in [9.17, 15) is 4.79 Å². The quantitative estimate of drug-likeness (QED) is 0.612. The first-order valence-corrected chi connectivity index (χ1v) is 3.82. The van der Waals surface area contributed by atoms with Gasteiger partial charge in [0, 0.05) is 6.42 Å². The van der Waals surface area contributed by atoms with Crippen LogP contribution in [-0.2, 0) is 4.79 Å². The van der Waals surface area contributed by atoms with E-state index < -0.39 is 0 Å². The van der Waals surface area contributed by atoms with E-state index in [0.29, 0.717) is 6.42 Å². The van der Waals surface area contributed by atoms with Crippen molar-refractivity contribution in [1.82, 2.24) is 15.2 Å². The normalized spacial score (nSPS) is 9.83. The molecule has 1 rings (SSSR count). The van der Waals surface area contributed by atoms with E-state index in [1.165, 1.54) is 0 Å². The highest BCUT2D eigenvalue weighted by Crippen LogP contribution is 1.90. The molecule has 0 saturated carbocycles. The summed E-state index contributed by atoms with van der Waals surface area (Å²) in [6.07, 6.45) is 2.72. The van der Waals surface area contributed by atoms with Crippen molar-refractivity contribution in [3.8, 4) is 0 Å². The molecule has 0 aliphatic rings. The minimum atomic E-state index is -0.289. The fraction of sp³-hybridized carbons (Fsp3) is 0.571. The molecule has 0 amide bonds. The highest BCUT2D eigenvalue weighted by atomic mass is 16.7. The highest BCUT2D eigenvalue weighted by Gasteiger charge is 2.03. The summed E-state index contributed by atoms with van der Waals surface area (Å²) < 4.78 is 0. The minimum absolute atomic E-state index is 0.289. The first kappa shape index (κ1) is 8.70. The van der Waals surface area contributed by atoms with Crippen LogP contribution in [0.1, 0.15) is 25.5 Å². The Morgan fingerprint density at radius 2 is 2.50 bits per heavy atom. The van der Waals surface area contributed by atoms with Gasteiger partial charge < -0.3 is 4.84 Å². The Morgan fingerprint density at radius 1 is 1.75 bits per heavy atom. The largest absolute Gasteiger partial charge is 0.335 e. The molecule has 12 heavy (non-hydrogen) atoms. The summed E-state index contributed by atoms with van der Waals surface area (Å²) in [5.41, 5.74) is 0.722. The second-order valence-electron chi connectivity index (χ2n) is 2.48. The zero-order valence-corrected chi connectivity index (χ0v) is 7.15. The molecule has 5 nitrogen and oxygen atoms in total. The molecule has 0 aliphatic heterocycles. The van der Waals surface area contributed by atoms with Crippen molar-refractivity contribution in [1.29, 1.82) is 0 Å². The van der Waals surface area contributed by atoms with Crippen LogP contribution >= 0.6 is 0 Å². The molecule has 0 unspecified atom stereocenters. The predicted molar refractivity (Wildman–Crippen MR) is 41.3 cm³/mol. The molecule has 1 aromatic heterocycles. The summed E-state index contributed by atoms with van der Waals surface area (Å²) >= 11 is 0. The van der Waals surface area contributed by atoms with Gasteiger partial charge in [-0.15, -0.1) is 5.10 Å². The van der Waals surface area contributed by atoms with Crippen LogP contribution in [0.5, 0.6) is 0 Å². The molecule has 0 spiro atoms. The highest BCUT2D eigenvalue weighted by molar-refractivity contribution is 5.69. The van der Waals surface area contributed by atoms with Crippen molar-refractivity contribution in [2.24, 2.45) is 0 Å². The Hall–Kier alpha value is -1.39. The fourth-order valence-electron chi connectivity index (χ4n) is 0.725. The van der Waals surface area contributed by atoms with Crippen molar-refractivity contribution in [3.63, 3.8) is 0 Å². The van der Waals surface area contributed by atoms with Gasteiger partial charge in [-0.2, -0.15) is 0 Å². The predicted octanol–water partition coefficient (Wildman–Crippen LogP) is 0.342. The van der Waals surface area contributed by atoms with Crippen LogP contribution in [-0.4, -0.2) is 21.1 Å². The molecule has 0 atom stereocenters. The standard InChI is InChI=1S/C7H11N3O2/c1-3-4-7(11)12-10-5-6(2)8-9-10/h5H,3-4H2,1-2H3. The van der Waals surface area contributed by atoms with Crippen LogP contribution in [0.3, 0.4) is 0 Å². The Morgan fingerprint density at radius 3 is 3.00 bits per heavy atom. The van der Waals surface area contributed by atoms with Crippen LogP contribution in [0, 0.1) is 6.92 Å². The fourth-order valence-corrected chi connectivity index (χ4v) is 0.725. The van der Waals surface area contributed by atoms with Gasteiger partial charge in [-0.1, -0.05) is 11.8 Å². The third-order valence-electron chi connectivity index (χ3n) is 1.24. The van der Waals surface area contributed by atoms with Crippen LogP contribution in [0.4, 0.5) is 0 Å². The number of carbonyl (C=O) groups is 1.